The molecule has 27 heavy (non-hydrogen) atoms. The van der Waals surface area contributed by atoms with Crippen molar-refractivity contribution in [1.82, 2.24) is 15.3 Å². The van der Waals surface area contributed by atoms with Gasteiger partial charge in [-0.2, -0.15) is 0 Å². The predicted octanol–water partition coefficient (Wildman–Crippen LogP) is 5.06. The number of carbonyl (C=O) groups is 1. The molecule has 5 heteroatoms. The highest BCUT2D eigenvalue weighted by Crippen LogP contribution is 2.38. The summed E-state index contributed by atoms with van der Waals surface area (Å²) in [6, 6.07) is 15.9. The summed E-state index contributed by atoms with van der Waals surface area (Å²) in [5, 5.41) is 3.17. The first-order valence-corrected chi connectivity index (χ1v) is 9.94. The van der Waals surface area contributed by atoms with E-state index in [9.17, 15) is 4.79 Å². The number of carbonyl (C=O) groups excluding carboxylic acids is 1. The molecule has 1 unspecified atom stereocenters. The molecule has 1 amide bonds. The maximum Gasteiger partial charge on any atom is 0.244 e. The van der Waals surface area contributed by atoms with Gasteiger partial charge in [-0.15, -0.1) is 0 Å². The zero-order valence-electron chi connectivity index (χ0n) is 14.8. The molecule has 4 nitrogen and oxygen atoms in total. The van der Waals surface area contributed by atoms with Gasteiger partial charge in [-0.3, -0.25) is 9.78 Å². The van der Waals surface area contributed by atoms with Crippen LogP contribution in [0.2, 0.25) is 0 Å². The van der Waals surface area contributed by atoms with E-state index in [1.54, 1.807) is 18.3 Å². The van der Waals surface area contributed by atoms with Gasteiger partial charge < -0.3 is 5.32 Å². The molecule has 0 saturated heterocycles. The Morgan fingerprint density at radius 2 is 1.85 bits per heavy atom. The summed E-state index contributed by atoms with van der Waals surface area (Å²) >= 11 is 3.47. The lowest BCUT2D eigenvalue weighted by Crippen LogP contribution is -2.35. The standard InChI is InChI=1S/C22H20BrN3O/c23-17-10-8-16(9-11-17)22(15-4-3-5-15)26-21(27)13-12-18-14-24-19-6-1-2-7-20(19)25-18/h1-2,6-15,22H,3-5H2,(H,26,27)/b13-12+. The molecule has 0 aliphatic heterocycles. The summed E-state index contributed by atoms with van der Waals surface area (Å²) < 4.78 is 1.04. The molecule has 3 aromatic rings. The Bertz CT molecular complexity index is 980. The van der Waals surface area contributed by atoms with Crippen LogP contribution in [0.1, 0.15) is 36.6 Å². The minimum absolute atomic E-state index is 0.0479. The van der Waals surface area contributed by atoms with E-state index in [0.717, 1.165) is 33.9 Å². The van der Waals surface area contributed by atoms with Crippen molar-refractivity contribution in [3.63, 3.8) is 0 Å². The Morgan fingerprint density at radius 1 is 1.11 bits per heavy atom. The van der Waals surface area contributed by atoms with Crippen molar-refractivity contribution in [2.45, 2.75) is 25.3 Å². The Labute approximate surface area is 166 Å². The molecule has 1 aliphatic rings. The molecule has 1 heterocycles. The van der Waals surface area contributed by atoms with Crippen molar-refractivity contribution < 1.29 is 4.79 Å². The van der Waals surface area contributed by atoms with E-state index in [4.69, 9.17) is 0 Å². The quantitative estimate of drug-likeness (QED) is 0.585. The lowest BCUT2D eigenvalue weighted by atomic mass is 9.77. The van der Waals surface area contributed by atoms with Crippen LogP contribution in [-0.2, 0) is 4.79 Å². The van der Waals surface area contributed by atoms with Crippen molar-refractivity contribution in [3.05, 3.63) is 76.5 Å². The first-order chi connectivity index (χ1) is 13.2. The largest absolute Gasteiger partial charge is 0.345 e. The Hall–Kier alpha value is -2.53. The highest BCUT2D eigenvalue weighted by Gasteiger charge is 2.29. The minimum Gasteiger partial charge on any atom is -0.345 e. The van der Waals surface area contributed by atoms with Gasteiger partial charge >= 0.3 is 0 Å². The topological polar surface area (TPSA) is 54.9 Å². The van der Waals surface area contributed by atoms with Crippen LogP contribution in [0.3, 0.4) is 0 Å². The number of hydrogen-bond donors (Lipinski definition) is 1. The van der Waals surface area contributed by atoms with Crippen molar-refractivity contribution in [3.8, 4) is 0 Å². The number of amides is 1. The Balaban J connectivity index is 1.48. The van der Waals surface area contributed by atoms with Gasteiger partial charge in [0.2, 0.25) is 5.91 Å². The average molecular weight is 422 g/mol. The normalized spacial score (nSPS) is 15.6. The third-order valence-electron chi connectivity index (χ3n) is 5.02. The van der Waals surface area contributed by atoms with E-state index in [1.165, 1.54) is 6.42 Å². The first kappa shape index (κ1) is 17.9. The number of para-hydroxylation sites is 2. The van der Waals surface area contributed by atoms with Crippen molar-refractivity contribution in [2.24, 2.45) is 5.92 Å². The van der Waals surface area contributed by atoms with Gasteiger partial charge in [-0.1, -0.05) is 46.6 Å². The summed E-state index contributed by atoms with van der Waals surface area (Å²) in [5.41, 5.74) is 3.49. The molecule has 1 aromatic heterocycles. The zero-order chi connectivity index (χ0) is 18.6. The second-order valence-corrected chi connectivity index (χ2v) is 7.76. The molecule has 0 radical (unpaired) electrons. The highest BCUT2D eigenvalue weighted by atomic mass is 79.9. The molecule has 4 rings (SSSR count). The lowest BCUT2D eigenvalue weighted by Gasteiger charge is -2.34. The second kappa shape index (κ2) is 8.01. The van der Waals surface area contributed by atoms with Crippen LogP contribution in [0, 0.1) is 5.92 Å². The Morgan fingerprint density at radius 3 is 2.56 bits per heavy atom. The fourth-order valence-electron chi connectivity index (χ4n) is 3.33. The highest BCUT2D eigenvalue weighted by molar-refractivity contribution is 9.10. The SMILES string of the molecule is O=C(/C=C/c1cnc2ccccc2n1)NC(c1ccc(Br)cc1)C1CCC1. The predicted molar refractivity (Wildman–Crippen MR) is 111 cm³/mol. The van der Waals surface area contributed by atoms with Gasteiger partial charge in [0.25, 0.3) is 0 Å². The van der Waals surface area contributed by atoms with Crippen LogP contribution >= 0.6 is 15.9 Å². The summed E-state index contributed by atoms with van der Waals surface area (Å²) in [6.07, 6.45) is 8.49. The molecule has 2 aromatic carbocycles. The van der Waals surface area contributed by atoms with Crippen molar-refractivity contribution in [2.75, 3.05) is 0 Å². The van der Waals surface area contributed by atoms with Crippen molar-refractivity contribution >= 4 is 38.9 Å². The molecule has 1 N–H and O–H groups in total. The Kier molecular flexibility index (Phi) is 5.30. The minimum atomic E-state index is -0.107. The third kappa shape index (κ3) is 4.25. The number of nitrogens with one attached hydrogen (secondary N) is 1. The average Bonchev–Trinajstić information content (AvgIpc) is 2.65. The van der Waals surface area contributed by atoms with E-state index < -0.39 is 0 Å². The van der Waals surface area contributed by atoms with E-state index in [2.05, 4.69) is 43.3 Å². The van der Waals surface area contributed by atoms with Gasteiger partial charge in [0.05, 0.1) is 29.0 Å². The molecule has 1 atom stereocenters. The number of benzene rings is 2. The molecule has 1 saturated carbocycles. The van der Waals surface area contributed by atoms with Crippen LogP contribution in [0.15, 0.2) is 65.3 Å². The van der Waals surface area contributed by atoms with Gasteiger partial charge in [0.1, 0.15) is 0 Å². The van der Waals surface area contributed by atoms with Gasteiger partial charge in [-0.25, -0.2) is 4.98 Å². The van der Waals surface area contributed by atoms with Crippen LogP contribution < -0.4 is 5.32 Å². The zero-order valence-corrected chi connectivity index (χ0v) is 16.4. The molecular weight excluding hydrogens is 402 g/mol. The number of halogens is 1. The van der Waals surface area contributed by atoms with Gasteiger partial charge in [-0.05, 0) is 54.7 Å². The summed E-state index contributed by atoms with van der Waals surface area (Å²) in [6.45, 7) is 0. The number of nitrogens with zero attached hydrogens (tertiary/aromatic N) is 2. The molecular formula is C22H20BrN3O. The van der Waals surface area contributed by atoms with Crippen molar-refractivity contribution in [1.29, 1.82) is 0 Å². The smallest absolute Gasteiger partial charge is 0.244 e. The van der Waals surface area contributed by atoms with E-state index >= 15 is 0 Å². The number of fused-ring (bicyclic) bond motifs is 1. The first-order valence-electron chi connectivity index (χ1n) is 9.15. The molecule has 1 aliphatic carbocycles. The third-order valence-corrected chi connectivity index (χ3v) is 5.55. The maximum atomic E-state index is 12.5. The summed E-state index contributed by atoms with van der Waals surface area (Å²) in [4.78, 5) is 21.4. The second-order valence-electron chi connectivity index (χ2n) is 6.85. The van der Waals surface area contributed by atoms with E-state index in [1.807, 2.05) is 36.4 Å². The number of rotatable bonds is 5. The van der Waals surface area contributed by atoms with Gasteiger partial charge in [0, 0.05) is 10.5 Å². The lowest BCUT2D eigenvalue weighted by molar-refractivity contribution is -0.117. The monoisotopic (exact) mass is 421 g/mol. The number of hydrogen-bond acceptors (Lipinski definition) is 3. The number of aromatic nitrogens is 2. The fraction of sp³-hybridized carbons (Fsp3) is 0.227. The fourth-order valence-corrected chi connectivity index (χ4v) is 3.60. The van der Waals surface area contributed by atoms with Crippen LogP contribution in [0.25, 0.3) is 17.1 Å². The van der Waals surface area contributed by atoms with Crippen LogP contribution in [0.4, 0.5) is 0 Å². The molecule has 136 valence electrons. The summed E-state index contributed by atoms with van der Waals surface area (Å²) in [5.74, 6) is 0.397. The molecule has 1 fully saturated rings. The molecule has 0 bridgehead atoms. The van der Waals surface area contributed by atoms with Gasteiger partial charge in [0.15, 0.2) is 0 Å². The van der Waals surface area contributed by atoms with E-state index in [0.29, 0.717) is 11.6 Å². The maximum absolute atomic E-state index is 12.5. The molecule has 0 spiro atoms. The summed E-state index contributed by atoms with van der Waals surface area (Å²) in [7, 11) is 0. The van der Waals surface area contributed by atoms with E-state index in [-0.39, 0.29) is 11.9 Å². The van der Waals surface area contributed by atoms with Crippen LogP contribution in [-0.4, -0.2) is 15.9 Å². The van der Waals surface area contributed by atoms with Crippen LogP contribution in [0.5, 0.6) is 0 Å².